The molecule has 1 unspecified atom stereocenters. The van der Waals surface area contributed by atoms with Gasteiger partial charge in [0.1, 0.15) is 5.82 Å². The van der Waals surface area contributed by atoms with Crippen LogP contribution in [-0.2, 0) is 24.1 Å². The summed E-state index contributed by atoms with van der Waals surface area (Å²) in [5.41, 5.74) is 9.08. The van der Waals surface area contributed by atoms with E-state index >= 15 is 0 Å². The molecule has 7 heteroatoms. The number of imidazole rings is 1. The Balaban J connectivity index is 1.80. The van der Waals surface area contributed by atoms with E-state index in [0.717, 1.165) is 72.9 Å². The lowest BCUT2D eigenvalue weighted by molar-refractivity contribution is 0.184. The van der Waals surface area contributed by atoms with E-state index in [1.807, 2.05) is 0 Å². The predicted octanol–water partition coefficient (Wildman–Crippen LogP) is 3.37. The van der Waals surface area contributed by atoms with Crippen molar-refractivity contribution in [3.8, 4) is 11.4 Å². The maximum absolute atomic E-state index is 5.80. The molecular weight excluding hydrogens is 364 g/mol. The van der Waals surface area contributed by atoms with Gasteiger partial charge in [0.05, 0.1) is 23.7 Å². The molecule has 3 heterocycles. The Kier molecular flexibility index (Phi) is 5.96. The van der Waals surface area contributed by atoms with Crippen molar-refractivity contribution in [2.24, 2.45) is 11.7 Å². The van der Waals surface area contributed by atoms with Crippen molar-refractivity contribution in [3.05, 3.63) is 29.8 Å². The fraction of sp³-hybridized carbons (Fsp3) is 0.591. The molecule has 0 spiro atoms. The van der Waals surface area contributed by atoms with Crippen LogP contribution in [0.3, 0.4) is 0 Å². The Hall–Kier alpha value is -2.25. The number of rotatable bonds is 8. The Morgan fingerprint density at radius 1 is 1.28 bits per heavy atom. The highest BCUT2D eigenvalue weighted by Crippen LogP contribution is 2.29. The molecule has 0 radical (unpaired) electrons. The molecule has 0 saturated carbocycles. The molecule has 1 aliphatic heterocycles. The second kappa shape index (κ2) is 8.63. The Morgan fingerprint density at radius 2 is 2.14 bits per heavy atom. The first-order chi connectivity index (χ1) is 14.1. The number of hydrogen-bond donors (Lipinski definition) is 1. The van der Waals surface area contributed by atoms with Gasteiger partial charge in [-0.05, 0) is 43.5 Å². The van der Waals surface area contributed by atoms with Gasteiger partial charge in [0.2, 0.25) is 0 Å². The summed E-state index contributed by atoms with van der Waals surface area (Å²) in [6, 6.07) is 6.71. The van der Waals surface area contributed by atoms with Gasteiger partial charge in [-0.15, -0.1) is 0 Å². The van der Waals surface area contributed by atoms with Crippen molar-refractivity contribution in [3.63, 3.8) is 0 Å². The zero-order valence-electron chi connectivity index (χ0n) is 17.8. The predicted molar refractivity (Wildman–Crippen MR) is 115 cm³/mol. The number of nitrogens with two attached hydrogens (primary N) is 1. The molecular formula is C22H32N6O. The summed E-state index contributed by atoms with van der Waals surface area (Å²) < 4.78 is 10.0. The molecule has 1 atom stereocenters. The maximum atomic E-state index is 5.80. The molecule has 7 nitrogen and oxygen atoms in total. The summed E-state index contributed by atoms with van der Waals surface area (Å²) in [7, 11) is 0. The number of fused-ring (bicyclic) bond motifs is 1. The number of ether oxygens (including phenoxy) is 1. The lowest BCUT2D eigenvalue weighted by Crippen LogP contribution is -2.12. The van der Waals surface area contributed by atoms with Crippen LogP contribution in [0.4, 0.5) is 0 Å². The number of aromatic nitrogens is 5. The van der Waals surface area contributed by atoms with Crippen molar-refractivity contribution in [2.45, 2.75) is 59.0 Å². The van der Waals surface area contributed by atoms with E-state index in [1.54, 1.807) is 0 Å². The quantitative estimate of drug-likeness (QED) is 0.631. The molecule has 2 aromatic heterocycles. The number of aryl methyl sites for hydroxylation is 2. The SMILES string of the molecule is CCc1nc(-c2ccc3nc(CC(C)C)n(CCCN)c3c2)n(C2CCOC2)n1. The van der Waals surface area contributed by atoms with E-state index < -0.39 is 0 Å². The van der Waals surface area contributed by atoms with E-state index in [2.05, 4.69) is 48.2 Å². The van der Waals surface area contributed by atoms with Crippen LogP contribution < -0.4 is 5.73 Å². The molecule has 29 heavy (non-hydrogen) atoms. The highest BCUT2D eigenvalue weighted by atomic mass is 16.5. The molecule has 1 saturated heterocycles. The summed E-state index contributed by atoms with van der Waals surface area (Å²) >= 11 is 0. The van der Waals surface area contributed by atoms with E-state index in [4.69, 9.17) is 25.5 Å². The highest BCUT2D eigenvalue weighted by Gasteiger charge is 2.24. The molecule has 1 aliphatic rings. The first-order valence-corrected chi connectivity index (χ1v) is 10.8. The number of hydrogen-bond acceptors (Lipinski definition) is 5. The Morgan fingerprint density at radius 3 is 2.83 bits per heavy atom. The molecule has 156 valence electrons. The highest BCUT2D eigenvalue weighted by molar-refractivity contribution is 5.81. The molecule has 1 aromatic carbocycles. The zero-order valence-corrected chi connectivity index (χ0v) is 17.8. The minimum absolute atomic E-state index is 0.257. The van der Waals surface area contributed by atoms with Crippen LogP contribution in [0.25, 0.3) is 22.4 Å². The largest absolute Gasteiger partial charge is 0.379 e. The normalized spacial score (nSPS) is 17.1. The molecule has 3 aromatic rings. The van der Waals surface area contributed by atoms with E-state index in [1.165, 1.54) is 0 Å². The fourth-order valence-electron chi connectivity index (χ4n) is 4.02. The van der Waals surface area contributed by atoms with Crippen LogP contribution in [0.2, 0.25) is 0 Å². The van der Waals surface area contributed by atoms with Crippen molar-refractivity contribution >= 4 is 11.0 Å². The third-order valence-corrected chi connectivity index (χ3v) is 5.51. The first kappa shape index (κ1) is 20.0. The van der Waals surface area contributed by atoms with Crippen LogP contribution in [0, 0.1) is 5.92 Å². The summed E-state index contributed by atoms with van der Waals surface area (Å²) in [5.74, 6) is 3.50. The van der Waals surface area contributed by atoms with Gasteiger partial charge in [-0.1, -0.05) is 20.8 Å². The number of benzene rings is 1. The van der Waals surface area contributed by atoms with Gasteiger partial charge in [-0.25, -0.2) is 14.6 Å². The zero-order chi connectivity index (χ0) is 20.4. The summed E-state index contributed by atoms with van der Waals surface area (Å²) in [5, 5.41) is 4.77. The molecule has 1 fully saturated rings. The van der Waals surface area contributed by atoms with Crippen molar-refractivity contribution in [2.75, 3.05) is 19.8 Å². The minimum Gasteiger partial charge on any atom is -0.379 e. The maximum Gasteiger partial charge on any atom is 0.158 e. The standard InChI is InChI=1S/C22H32N6O/c1-4-20-25-22(28(26-20)17-8-11-29-14-17)16-6-7-18-19(13-16)27(10-5-9-23)21(24-18)12-15(2)3/h6-7,13,15,17H,4-5,8-12,14,23H2,1-3H3. The smallest absolute Gasteiger partial charge is 0.158 e. The average molecular weight is 397 g/mol. The van der Waals surface area contributed by atoms with Crippen LogP contribution in [-0.4, -0.2) is 44.1 Å². The molecule has 2 N–H and O–H groups in total. The number of nitrogens with zero attached hydrogens (tertiary/aromatic N) is 5. The third kappa shape index (κ3) is 4.07. The average Bonchev–Trinajstić information content (AvgIpc) is 3.43. The lowest BCUT2D eigenvalue weighted by Gasteiger charge is -2.13. The monoisotopic (exact) mass is 396 g/mol. The lowest BCUT2D eigenvalue weighted by atomic mass is 10.1. The van der Waals surface area contributed by atoms with Crippen LogP contribution in [0.1, 0.15) is 51.3 Å². The van der Waals surface area contributed by atoms with E-state index in [0.29, 0.717) is 19.1 Å². The van der Waals surface area contributed by atoms with Crippen molar-refractivity contribution in [1.82, 2.24) is 24.3 Å². The van der Waals surface area contributed by atoms with Crippen molar-refractivity contribution in [1.29, 1.82) is 0 Å². The van der Waals surface area contributed by atoms with Gasteiger partial charge in [-0.3, -0.25) is 0 Å². The van der Waals surface area contributed by atoms with Gasteiger partial charge in [0.25, 0.3) is 0 Å². The van der Waals surface area contributed by atoms with Crippen molar-refractivity contribution < 1.29 is 4.74 Å². The van der Waals surface area contributed by atoms with Crippen LogP contribution >= 0.6 is 0 Å². The van der Waals surface area contributed by atoms with E-state index in [9.17, 15) is 0 Å². The molecule has 0 aliphatic carbocycles. The van der Waals surface area contributed by atoms with Gasteiger partial charge >= 0.3 is 0 Å². The minimum atomic E-state index is 0.257. The third-order valence-electron chi connectivity index (χ3n) is 5.51. The van der Waals surface area contributed by atoms with Crippen LogP contribution in [0.15, 0.2) is 18.2 Å². The topological polar surface area (TPSA) is 83.8 Å². The molecule has 4 rings (SSSR count). The second-order valence-corrected chi connectivity index (χ2v) is 8.29. The first-order valence-electron chi connectivity index (χ1n) is 10.8. The summed E-state index contributed by atoms with van der Waals surface area (Å²) in [6.45, 7) is 9.62. The Bertz CT molecular complexity index is 967. The van der Waals surface area contributed by atoms with Gasteiger partial charge in [0.15, 0.2) is 11.6 Å². The molecule has 0 bridgehead atoms. The van der Waals surface area contributed by atoms with Gasteiger partial charge in [-0.2, -0.15) is 5.10 Å². The van der Waals surface area contributed by atoms with Gasteiger partial charge < -0.3 is 15.0 Å². The Labute approximate surface area is 172 Å². The summed E-state index contributed by atoms with van der Waals surface area (Å²) in [4.78, 5) is 9.77. The van der Waals surface area contributed by atoms with E-state index in [-0.39, 0.29) is 6.04 Å². The second-order valence-electron chi connectivity index (χ2n) is 8.29. The molecule has 0 amide bonds. The van der Waals surface area contributed by atoms with Gasteiger partial charge in [0, 0.05) is 31.6 Å². The summed E-state index contributed by atoms with van der Waals surface area (Å²) in [6.07, 6.45) is 3.71. The fourth-order valence-corrected chi connectivity index (χ4v) is 4.02. The van der Waals surface area contributed by atoms with Crippen LogP contribution in [0.5, 0.6) is 0 Å².